The van der Waals surface area contributed by atoms with Crippen LogP contribution in [-0.2, 0) is 0 Å². The van der Waals surface area contributed by atoms with E-state index >= 15 is 0 Å². The molecule has 0 aliphatic carbocycles. The van der Waals surface area contributed by atoms with Crippen LogP contribution in [0.1, 0.15) is 5.56 Å². The fraction of sp³-hybridized carbons (Fsp3) is 0.250. The van der Waals surface area contributed by atoms with E-state index in [4.69, 9.17) is 15.7 Å². The third kappa shape index (κ3) is 1.71. The van der Waals surface area contributed by atoms with Gasteiger partial charge in [-0.2, -0.15) is 0 Å². The van der Waals surface area contributed by atoms with E-state index in [1.165, 1.54) is 0 Å². The Kier molecular flexibility index (Phi) is 2.48. The predicted octanol–water partition coefficient (Wildman–Crippen LogP) is -1.04. The molecule has 11 heavy (non-hydrogen) atoms. The number of hydrogen-bond acceptors (Lipinski definition) is 0. The van der Waals surface area contributed by atoms with Crippen LogP contribution >= 0.6 is 0 Å². The topological polar surface area (TPSA) is 0 Å². The first-order chi connectivity index (χ1) is 5.15. The van der Waals surface area contributed by atoms with Crippen molar-refractivity contribution in [3.05, 3.63) is 17.7 Å². The summed E-state index contributed by atoms with van der Waals surface area (Å²) in [6.45, 7) is 3.96. The predicted molar refractivity (Wildman–Crippen MR) is 53.2 cm³/mol. The lowest BCUT2D eigenvalue weighted by Gasteiger charge is -2.08. The van der Waals surface area contributed by atoms with Crippen LogP contribution < -0.4 is 16.4 Å². The smallest absolute Gasteiger partial charge is 0.0978 e. The third-order valence-electron chi connectivity index (χ3n) is 1.82. The van der Waals surface area contributed by atoms with Crippen LogP contribution in [0.3, 0.4) is 0 Å². The Balaban J connectivity index is 3.24. The fourth-order valence-corrected chi connectivity index (χ4v) is 1.08. The van der Waals surface area contributed by atoms with E-state index < -0.39 is 0 Å². The summed E-state index contributed by atoms with van der Waals surface area (Å²) in [7, 11) is 13.3. The standard InChI is InChI=1S/C8H8B3/c1-5-7(10)3-6(9)4-8(5)11-2/h3-4H,1-2H3. The van der Waals surface area contributed by atoms with Crippen molar-refractivity contribution in [1.29, 1.82) is 0 Å². The molecule has 0 spiro atoms. The molecule has 0 nitrogen and oxygen atoms in total. The van der Waals surface area contributed by atoms with Gasteiger partial charge >= 0.3 is 0 Å². The summed E-state index contributed by atoms with van der Waals surface area (Å²) in [4.78, 5) is 0. The molecule has 0 fully saturated rings. The minimum absolute atomic E-state index is 0.723. The van der Waals surface area contributed by atoms with Gasteiger partial charge in [0, 0.05) is 0 Å². The zero-order chi connectivity index (χ0) is 8.43. The van der Waals surface area contributed by atoms with Crippen LogP contribution in [-0.4, -0.2) is 23.0 Å². The molecule has 0 aliphatic heterocycles. The van der Waals surface area contributed by atoms with E-state index in [-0.39, 0.29) is 0 Å². The van der Waals surface area contributed by atoms with Gasteiger partial charge in [0.2, 0.25) is 0 Å². The van der Waals surface area contributed by atoms with Crippen LogP contribution in [0.2, 0.25) is 6.82 Å². The van der Waals surface area contributed by atoms with E-state index in [1.807, 2.05) is 27.1 Å². The first-order valence-electron chi connectivity index (χ1n) is 3.60. The molecule has 0 heterocycles. The molecule has 0 aliphatic rings. The maximum absolute atomic E-state index is 5.70. The SMILES string of the molecule is [B]c1cc([B])c(C)c([B]C)c1. The van der Waals surface area contributed by atoms with E-state index in [1.54, 1.807) is 6.07 Å². The molecular weight excluding hydrogens is 129 g/mol. The molecule has 0 unspecified atom stereocenters. The highest BCUT2D eigenvalue weighted by molar-refractivity contribution is 6.55. The molecular formula is C8H8B3. The van der Waals surface area contributed by atoms with Crippen molar-refractivity contribution in [2.45, 2.75) is 13.7 Å². The van der Waals surface area contributed by atoms with Crippen molar-refractivity contribution in [1.82, 2.24) is 0 Å². The van der Waals surface area contributed by atoms with Crippen LogP contribution in [0.15, 0.2) is 12.1 Å². The summed E-state index contributed by atoms with van der Waals surface area (Å²) < 4.78 is 0. The molecule has 0 aromatic heterocycles. The van der Waals surface area contributed by atoms with Gasteiger partial charge in [-0.15, -0.1) is 0 Å². The second-order valence-electron chi connectivity index (χ2n) is 2.61. The Bertz CT molecular complexity index is 268. The first kappa shape index (κ1) is 8.51. The summed E-state index contributed by atoms with van der Waals surface area (Å²) in [5.41, 5.74) is 3.70. The Morgan fingerprint density at radius 1 is 1.27 bits per heavy atom. The van der Waals surface area contributed by atoms with Crippen molar-refractivity contribution in [3.63, 3.8) is 0 Å². The molecule has 3 heteroatoms. The molecule has 0 amide bonds. The highest BCUT2D eigenvalue weighted by atomic mass is 13.9. The average Bonchev–Trinajstić information content (AvgIpc) is 1.96. The van der Waals surface area contributed by atoms with Crippen LogP contribution in [0.25, 0.3) is 0 Å². The van der Waals surface area contributed by atoms with Crippen molar-refractivity contribution in [2.75, 3.05) is 0 Å². The number of benzene rings is 1. The van der Waals surface area contributed by atoms with Crippen LogP contribution in [0.5, 0.6) is 0 Å². The van der Waals surface area contributed by atoms with Gasteiger partial charge in [0.25, 0.3) is 0 Å². The Morgan fingerprint density at radius 2 is 1.91 bits per heavy atom. The molecule has 0 bridgehead atoms. The highest BCUT2D eigenvalue weighted by Crippen LogP contribution is 1.85. The average molecular weight is 137 g/mol. The molecule has 0 atom stereocenters. The van der Waals surface area contributed by atoms with Gasteiger partial charge in [0.05, 0.1) is 0 Å². The number of rotatable bonds is 1. The zero-order valence-corrected chi connectivity index (χ0v) is 6.89. The zero-order valence-electron chi connectivity index (χ0n) is 6.89. The minimum atomic E-state index is 0.723. The second-order valence-corrected chi connectivity index (χ2v) is 2.61. The molecule has 0 saturated carbocycles. The summed E-state index contributed by atoms with van der Waals surface area (Å²) in [5, 5.41) is 0. The Morgan fingerprint density at radius 3 is 2.45 bits per heavy atom. The van der Waals surface area contributed by atoms with Gasteiger partial charge in [-0.1, -0.05) is 40.9 Å². The van der Waals surface area contributed by atoms with Crippen molar-refractivity contribution in [2.24, 2.45) is 0 Å². The molecule has 49 valence electrons. The minimum Gasteiger partial charge on any atom is -0.0978 e. The van der Waals surface area contributed by atoms with Gasteiger partial charge in [-0.3, -0.25) is 0 Å². The molecule has 0 N–H and O–H groups in total. The molecule has 0 saturated heterocycles. The lowest BCUT2D eigenvalue weighted by Crippen LogP contribution is -2.29. The summed E-state index contributed by atoms with van der Waals surface area (Å²) in [6, 6.07) is 3.70. The second kappa shape index (κ2) is 3.21. The van der Waals surface area contributed by atoms with Crippen LogP contribution in [0.4, 0.5) is 0 Å². The number of hydrogen-bond donors (Lipinski definition) is 0. The van der Waals surface area contributed by atoms with Gasteiger partial charge in [0.15, 0.2) is 0 Å². The third-order valence-corrected chi connectivity index (χ3v) is 1.82. The van der Waals surface area contributed by atoms with Gasteiger partial charge < -0.3 is 0 Å². The summed E-state index contributed by atoms with van der Waals surface area (Å²) in [6.07, 6.45) is 0. The first-order valence-corrected chi connectivity index (χ1v) is 3.60. The Hall–Kier alpha value is -0.585. The lowest BCUT2D eigenvalue weighted by molar-refractivity contribution is 1.57. The maximum Gasteiger partial charge on any atom is 0.148 e. The maximum atomic E-state index is 5.70. The van der Waals surface area contributed by atoms with Gasteiger partial charge in [-0.25, -0.2) is 0 Å². The molecule has 1 aromatic rings. The van der Waals surface area contributed by atoms with E-state index in [2.05, 4.69) is 0 Å². The molecule has 1 aromatic carbocycles. The van der Waals surface area contributed by atoms with Crippen molar-refractivity contribution < 1.29 is 0 Å². The largest absolute Gasteiger partial charge is 0.148 e. The summed E-state index contributed by atoms with van der Waals surface area (Å²) in [5.74, 6) is 0. The van der Waals surface area contributed by atoms with E-state index in [9.17, 15) is 0 Å². The van der Waals surface area contributed by atoms with E-state index in [0.717, 1.165) is 22.0 Å². The van der Waals surface area contributed by atoms with E-state index in [0.29, 0.717) is 0 Å². The van der Waals surface area contributed by atoms with Crippen molar-refractivity contribution in [3.8, 4) is 0 Å². The molecule has 1 rings (SSSR count). The van der Waals surface area contributed by atoms with Gasteiger partial charge in [-0.05, 0) is 6.92 Å². The van der Waals surface area contributed by atoms with Crippen LogP contribution in [0, 0.1) is 6.92 Å². The molecule has 5 radical (unpaired) electrons. The van der Waals surface area contributed by atoms with Gasteiger partial charge in [0.1, 0.15) is 23.0 Å². The highest BCUT2D eigenvalue weighted by Gasteiger charge is 1.99. The quantitative estimate of drug-likeness (QED) is 0.433. The van der Waals surface area contributed by atoms with Crippen molar-refractivity contribution >= 4 is 39.4 Å². The summed E-state index contributed by atoms with van der Waals surface area (Å²) >= 11 is 0. The fourth-order valence-electron chi connectivity index (χ4n) is 1.08. The normalized spacial score (nSPS) is 9.64. The Labute approximate surface area is 71.5 Å². The lowest BCUT2D eigenvalue weighted by atomic mass is 9.66. The monoisotopic (exact) mass is 137 g/mol.